The van der Waals surface area contributed by atoms with E-state index in [9.17, 15) is 9.90 Å². The summed E-state index contributed by atoms with van der Waals surface area (Å²) < 4.78 is 0. The third-order valence-corrected chi connectivity index (χ3v) is 9.58. The van der Waals surface area contributed by atoms with Crippen LogP contribution in [-0.2, 0) is 4.79 Å². The van der Waals surface area contributed by atoms with Crippen molar-refractivity contribution in [3.05, 3.63) is 0 Å². The maximum Gasteiger partial charge on any atom is 0.220 e. The molecule has 0 rings (SSSR count). The standard InChI is InChI=1S/C40H81NO2/c1-4-6-8-10-12-14-16-18-19-20-21-22-23-25-27-29-31-33-35-37-40(43)41-38(3)39(42)36-34-32-30-28-26-24-17-15-13-11-9-7-5-2/h38-39,42H,4-37H2,1-3H3,(H,41,43)/t38-,39+/m0/s1. The van der Waals surface area contributed by atoms with Crippen LogP contribution in [0.2, 0.25) is 0 Å². The van der Waals surface area contributed by atoms with Crippen molar-refractivity contribution in [1.82, 2.24) is 5.32 Å². The molecule has 0 aliphatic rings. The Balaban J connectivity index is 3.37. The highest BCUT2D eigenvalue weighted by Crippen LogP contribution is 2.16. The predicted octanol–water partition coefficient (Wildman–Crippen LogP) is 13.2. The van der Waals surface area contributed by atoms with Gasteiger partial charge < -0.3 is 10.4 Å². The molecule has 2 atom stereocenters. The van der Waals surface area contributed by atoms with Gasteiger partial charge in [0.15, 0.2) is 0 Å². The van der Waals surface area contributed by atoms with E-state index in [1.807, 2.05) is 6.92 Å². The van der Waals surface area contributed by atoms with Gasteiger partial charge in [-0.1, -0.05) is 213 Å². The molecule has 0 spiro atoms. The van der Waals surface area contributed by atoms with Crippen molar-refractivity contribution in [3.8, 4) is 0 Å². The number of hydrogen-bond donors (Lipinski definition) is 2. The minimum absolute atomic E-state index is 0.115. The first-order valence-electron chi connectivity index (χ1n) is 20.1. The Morgan fingerprint density at radius 3 is 1.00 bits per heavy atom. The molecule has 3 nitrogen and oxygen atoms in total. The Kier molecular flexibility index (Phi) is 35.4. The summed E-state index contributed by atoms with van der Waals surface area (Å²) in [5.74, 6) is 0.115. The molecule has 0 aliphatic heterocycles. The van der Waals surface area contributed by atoms with E-state index < -0.39 is 6.10 Å². The maximum atomic E-state index is 12.3. The van der Waals surface area contributed by atoms with Gasteiger partial charge in [-0.15, -0.1) is 0 Å². The largest absolute Gasteiger partial charge is 0.391 e. The third-order valence-electron chi connectivity index (χ3n) is 9.58. The number of rotatable bonds is 36. The van der Waals surface area contributed by atoms with Gasteiger partial charge in [-0.2, -0.15) is 0 Å². The fourth-order valence-corrected chi connectivity index (χ4v) is 6.41. The zero-order valence-electron chi connectivity index (χ0n) is 30.1. The highest BCUT2D eigenvalue weighted by molar-refractivity contribution is 5.76. The normalized spacial score (nSPS) is 12.9. The van der Waals surface area contributed by atoms with Gasteiger partial charge in [0.05, 0.1) is 12.1 Å². The van der Waals surface area contributed by atoms with Crippen LogP contribution in [0.1, 0.15) is 239 Å². The summed E-state index contributed by atoms with van der Waals surface area (Å²) >= 11 is 0. The number of aliphatic hydroxyl groups is 1. The molecule has 0 heterocycles. The first-order chi connectivity index (χ1) is 21.1. The van der Waals surface area contributed by atoms with Gasteiger partial charge in [0.25, 0.3) is 0 Å². The second kappa shape index (κ2) is 35.9. The average Bonchev–Trinajstić information content (AvgIpc) is 3.00. The number of unbranched alkanes of at least 4 members (excludes halogenated alkanes) is 30. The number of carbonyl (C=O) groups excluding carboxylic acids is 1. The van der Waals surface area contributed by atoms with Crippen molar-refractivity contribution in [3.63, 3.8) is 0 Å². The Hall–Kier alpha value is -0.570. The number of carbonyl (C=O) groups is 1. The quantitative estimate of drug-likeness (QED) is 0.0696. The van der Waals surface area contributed by atoms with Crippen LogP contribution in [-0.4, -0.2) is 23.2 Å². The van der Waals surface area contributed by atoms with Gasteiger partial charge in [0.1, 0.15) is 0 Å². The summed E-state index contributed by atoms with van der Waals surface area (Å²) in [6, 6.07) is -0.134. The second-order valence-corrected chi connectivity index (χ2v) is 14.1. The van der Waals surface area contributed by atoms with E-state index in [0.29, 0.717) is 6.42 Å². The molecule has 1 amide bonds. The van der Waals surface area contributed by atoms with E-state index in [4.69, 9.17) is 0 Å². The molecule has 0 unspecified atom stereocenters. The number of nitrogens with one attached hydrogen (secondary N) is 1. The summed E-state index contributed by atoms with van der Waals surface area (Å²) in [6.07, 6.45) is 44.5. The molecule has 0 bridgehead atoms. The van der Waals surface area contributed by atoms with Crippen molar-refractivity contribution < 1.29 is 9.90 Å². The summed E-state index contributed by atoms with van der Waals surface area (Å²) in [4.78, 5) is 12.3. The van der Waals surface area contributed by atoms with Crippen molar-refractivity contribution in [2.24, 2.45) is 0 Å². The van der Waals surface area contributed by atoms with Crippen molar-refractivity contribution in [2.45, 2.75) is 251 Å². The van der Waals surface area contributed by atoms with Gasteiger partial charge >= 0.3 is 0 Å². The lowest BCUT2D eigenvalue weighted by Crippen LogP contribution is -2.41. The van der Waals surface area contributed by atoms with Crippen LogP contribution in [0.15, 0.2) is 0 Å². The molecule has 0 aromatic carbocycles. The monoisotopic (exact) mass is 608 g/mol. The highest BCUT2D eigenvalue weighted by atomic mass is 16.3. The lowest BCUT2D eigenvalue weighted by atomic mass is 10.0. The van der Waals surface area contributed by atoms with E-state index in [-0.39, 0.29) is 11.9 Å². The summed E-state index contributed by atoms with van der Waals surface area (Å²) in [5, 5.41) is 13.5. The Morgan fingerprint density at radius 2 is 0.698 bits per heavy atom. The van der Waals surface area contributed by atoms with Crippen molar-refractivity contribution in [1.29, 1.82) is 0 Å². The minimum Gasteiger partial charge on any atom is -0.391 e. The molecular formula is C40H81NO2. The van der Waals surface area contributed by atoms with Crippen molar-refractivity contribution in [2.75, 3.05) is 0 Å². The Labute approximate surface area is 271 Å². The predicted molar refractivity (Wildman–Crippen MR) is 192 cm³/mol. The molecule has 0 aliphatic carbocycles. The van der Waals surface area contributed by atoms with Crippen LogP contribution >= 0.6 is 0 Å². The van der Waals surface area contributed by atoms with Crippen LogP contribution in [0.25, 0.3) is 0 Å². The van der Waals surface area contributed by atoms with E-state index in [2.05, 4.69) is 19.2 Å². The Bertz CT molecular complexity index is 537. The zero-order chi connectivity index (χ0) is 31.5. The van der Waals surface area contributed by atoms with E-state index in [0.717, 1.165) is 25.7 Å². The Morgan fingerprint density at radius 1 is 0.442 bits per heavy atom. The topological polar surface area (TPSA) is 49.3 Å². The third kappa shape index (κ3) is 34.1. The summed E-state index contributed by atoms with van der Waals surface area (Å²) in [5.41, 5.74) is 0. The van der Waals surface area contributed by atoms with E-state index in [1.54, 1.807) is 0 Å². The van der Waals surface area contributed by atoms with Crippen LogP contribution in [0, 0.1) is 0 Å². The minimum atomic E-state index is -0.415. The van der Waals surface area contributed by atoms with Crippen LogP contribution < -0.4 is 5.32 Å². The molecule has 0 saturated carbocycles. The highest BCUT2D eigenvalue weighted by Gasteiger charge is 2.16. The molecule has 2 N–H and O–H groups in total. The van der Waals surface area contributed by atoms with Crippen molar-refractivity contribution >= 4 is 5.91 Å². The second-order valence-electron chi connectivity index (χ2n) is 14.1. The van der Waals surface area contributed by atoms with Crippen LogP contribution in [0.4, 0.5) is 0 Å². The average molecular weight is 608 g/mol. The lowest BCUT2D eigenvalue weighted by Gasteiger charge is -2.20. The number of hydrogen-bond acceptors (Lipinski definition) is 2. The van der Waals surface area contributed by atoms with Gasteiger partial charge in [-0.25, -0.2) is 0 Å². The summed E-state index contributed by atoms with van der Waals surface area (Å²) in [7, 11) is 0. The fourth-order valence-electron chi connectivity index (χ4n) is 6.41. The first kappa shape index (κ1) is 42.4. The van der Waals surface area contributed by atoms with E-state index >= 15 is 0 Å². The molecular weight excluding hydrogens is 526 g/mol. The van der Waals surface area contributed by atoms with Gasteiger partial charge in [0.2, 0.25) is 5.91 Å². The smallest absolute Gasteiger partial charge is 0.220 e. The molecule has 0 saturated heterocycles. The molecule has 0 fully saturated rings. The molecule has 43 heavy (non-hydrogen) atoms. The van der Waals surface area contributed by atoms with Gasteiger partial charge in [0, 0.05) is 6.42 Å². The fraction of sp³-hybridized carbons (Fsp3) is 0.975. The SMILES string of the molecule is CCCCCCCCCCCCCCCCCCCCCC(=O)N[C@@H](C)[C@H](O)CCCCCCCCCCCCCCC. The molecule has 0 aromatic heterocycles. The molecule has 0 aromatic rings. The first-order valence-corrected chi connectivity index (χ1v) is 20.1. The number of aliphatic hydroxyl groups excluding tert-OH is 1. The lowest BCUT2D eigenvalue weighted by molar-refractivity contribution is -0.122. The van der Waals surface area contributed by atoms with E-state index in [1.165, 1.54) is 186 Å². The maximum absolute atomic E-state index is 12.3. The molecule has 258 valence electrons. The van der Waals surface area contributed by atoms with Gasteiger partial charge in [-0.05, 0) is 19.8 Å². The molecule has 0 radical (unpaired) electrons. The van der Waals surface area contributed by atoms with Crippen LogP contribution in [0.5, 0.6) is 0 Å². The number of amides is 1. The molecule has 3 heteroatoms. The zero-order valence-corrected chi connectivity index (χ0v) is 30.1. The van der Waals surface area contributed by atoms with Crippen LogP contribution in [0.3, 0.4) is 0 Å². The summed E-state index contributed by atoms with van der Waals surface area (Å²) in [6.45, 7) is 6.53. The van der Waals surface area contributed by atoms with Gasteiger partial charge in [-0.3, -0.25) is 4.79 Å².